The second-order valence-electron chi connectivity index (χ2n) is 3.29. The summed E-state index contributed by atoms with van der Waals surface area (Å²) in [5.74, 6) is 2.19. The quantitative estimate of drug-likeness (QED) is 0.796. The molecule has 6 heteroatoms. The highest BCUT2D eigenvalue weighted by Gasteiger charge is 2.18. The largest absolute Gasteiger partial charge is 0.354 e. The fourth-order valence-electron chi connectivity index (χ4n) is 1.49. The van der Waals surface area contributed by atoms with Crippen molar-refractivity contribution in [2.24, 2.45) is 0 Å². The molecule has 0 aromatic carbocycles. The van der Waals surface area contributed by atoms with E-state index in [1.807, 2.05) is 6.07 Å². The van der Waals surface area contributed by atoms with Gasteiger partial charge in [0.2, 0.25) is 0 Å². The van der Waals surface area contributed by atoms with Crippen LogP contribution in [-0.2, 0) is 10.8 Å². The predicted molar refractivity (Wildman–Crippen MR) is 67.0 cm³/mol. The molecule has 0 amide bonds. The van der Waals surface area contributed by atoms with Gasteiger partial charge in [0, 0.05) is 46.1 Å². The summed E-state index contributed by atoms with van der Waals surface area (Å²) in [7, 11) is -0.667. The van der Waals surface area contributed by atoms with Gasteiger partial charge < -0.3 is 4.90 Å². The third kappa shape index (κ3) is 2.71. The number of hydrogen-bond donors (Lipinski definition) is 0. The normalized spacial score (nSPS) is 18.1. The summed E-state index contributed by atoms with van der Waals surface area (Å²) in [4.78, 5) is 6.35. The maximum Gasteiger partial charge on any atom is 0.147 e. The Bertz CT molecular complexity index is 392. The predicted octanol–water partition coefficient (Wildman–Crippen LogP) is 2.07. The van der Waals surface area contributed by atoms with Crippen molar-refractivity contribution in [3.05, 3.63) is 21.8 Å². The first-order valence-corrected chi connectivity index (χ1v) is 7.23. The Morgan fingerprint density at radius 2 is 2.13 bits per heavy atom. The van der Waals surface area contributed by atoms with Crippen LogP contribution in [0.4, 0.5) is 5.82 Å². The average Bonchev–Trinajstić information content (AvgIpc) is 2.20. The van der Waals surface area contributed by atoms with Gasteiger partial charge in [-0.25, -0.2) is 4.98 Å². The molecule has 15 heavy (non-hydrogen) atoms. The van der Waals surface area contributed by atoms with Crippen LogP contribution in [0.3, 0.4) is 0 Å². The smallest absolute Gasteiger partial charge is 0.147 e. The Kier molecular flexibility index (Phi) is 3.64. The zero-order chi connectivity index (χ0) is 10.8. The molecule has 0 spiro atoms. The second kappa shape index (κ2) is 4.80. The fraction of sp³-hybridized carbons (Fsp3) is 0.444. The molecule has 1 fully saturated rings. The van der Waals surface area contributed by atoms with Crippen LogP contribution in [-0.4, -0.2) is 33.8 Å². The summed E-state index contributed by atoms with van der Waals surface area (Å²) < 4.78 is 12.1. The number of rotatable bonds is 1. The monoisotopic (exact) mass is 308 g/mol. The Morgan fingerprint density at radius 3 is 2.73 bits per heavy atom. The molecule has 3 nitrogen and oxygen atoms in total. The zero-order valence-electron chi connectivity index (χ0n) is 7.95. The molecule has 1 aliphatic heterocycles. The van der Waals surface area contributed by atoms with E-state index in [9.17, 15) is 4.21 Å². The van der Waals surface area contributed by atoms with E-state index in [0.717, 1.165) is 23.4 Å². The fourth-order valence-corrected chi connectivity index (χ4v) is 3.29. The number of anilines is 1. The minimum Gasteiger partial charge on any atom is -0.354 e. The van der Waals surface area contributed by atoms with E-state index in [0.29, 0.717) is 16.5 Å². The number of nitrogens with zero attached hydrogens (tertiary/aromatic N) is 2. The molecular formula is C9H10BrClN2OS. The summed E-state index contributed by atoms with van der Waals surface area (Å²) in [6.07, 6.45) is 1.73. The van der Waals surface area contributed by atoms with Crippen LogP contribution in [0.5, 0.6) is 0 Å². The number of aromatic nitrogens is 1. The second-order valence-corrected chi connectivity index (χ2v) is 6.31. The van der Waals surface area contributed by atoms with E-state index >= 15 is 0 Å². The van der Waals surface area contributed by atoms with Gasteiger partial charge in [0.25, 0.3) is 0 Å². The molecule has 0 atom stereocenters. The molecule has 0 radical (unpaired) electrons. The third-order valence-corrected chi connectivity index (χ3v) is 4.25. The van der Waals surface area contributed by atoms with Crippen molar-refractivity contribution in [3.8, 4) is 0 Å². The van der Waals surface area contributed by atoms with Crippen LogP contribution < -0.4 is 4.90 Å². The Balaban J connectivity index is 2.19. The van der Waals surface area contributed by atoms with Crippen LogP contribution >= 0.6 is 27.5 Å². The first kappa shape index (κ1) is 11.4. The first-order chi connectivity index (χ1) is 7.16. The van der Waals surface area contributed by atoms with Gasteiger partial charge in [-0.1, -0.05) is 11.6 Å². The molecule has 1 aromatic heterocycles. The Hall–Kier alpha value is -0.130. The van der Waals surface area contributed by atoms with Gasteiger partial charge in [0.1, 0.15) is 5.82 Å². The summed E-state index contributed by atoms with van der Waals surface area (Å²) in [6, 6.07) is 1.83. The van der Waals surface area contributed by atoms with Gasteiger partial charge in [-0.05, 0) is 22.0 Å². The Morgan fingerprint density at radius 1 is 1.47 bits per heavy atom. The molecule has 0 saturated carbocycles. The summed E-state index contributed by atoms with van der Waals surface area (Å²) >= 11 is 9.40. The van der Waals surface area contributed by atoms with Crippen molar-refractivity contribution in [2.45, 2.75) is 0 Å². The molecule has 2 heterocycles. The molecule has 82 valence electrons. The molecule has 0 N–H and O–H groups in total. The van der Waals surface area contributed by atoms with Crippen molar-refractivity contribution in [3.63, 3.8) is 0 Å². The molecule has 2 rings (SSSR count). The standard InChI is InChI=1S/C9H10BrClN2OS/c10-7-5-8(11)9(12-6-7)13-1-3-15(14)4-2-13/h5-6H,1-4H2. The molecule has 0 bridgehead atoms. The van der Waals surface area contributed by atoms with E-state index in [-0.39, 0.29) is 0 Å². The van der Waals surface area contributed by atoms with Gasteiger partial charge in [0.15, 0.2) is 0 Å². The van der Waals surface area contributed by atoms with Gasteiger partial charge in [-0.3, -0.25) is 4.21 Å². The van der Waals surface area contributed by atoms with E-state index in [4.69, 9.17) is 11.6 Å². The topological polar surface area (TPSA) is 33.2 Å². The van der Waals surface area contributed by atoms with Crippen molar-refractivity contribution in [1.82, 2.24) is 4.98 Å². The number of halogens is 2. The minimum atomic E-state index is -0.667. The lowest BCUT2D eigenvalue weighted by Gasteiger charge is -2.27. The SMILES string of the molecule is O=S1CCN(c2ncc(Br)cc2Cl)CC1. The van der Waals surface area contributed by atoms with Crippen LogP contribution in [0.2, 0.25) is 5.02 Å². The third-order valence-electron chi connectivity index (χ3n) is 2.27. The molecule has 1 aromatic rings. The summed E-state index contributed by atoms with van der Waals surface area (Å²) in [5, 5.41) is 0.636. The van der Waals surface area contributed by atoms with Gasteiger partial charge in [-0.2, -0.15) is 0 Å². The number of hydrogen-bond acceptors (Lipinski definition) is 3. The van der Waals surface area contributed by atoms with Crippen molar-refractivity contribution >= 4 is 44.1 Å². The van der Waals surface area contributed by atoms with E-state index in [1.165, 1.54) is 0 Å². The Labute approximate surface area is 104 Å². The first-order valence-electron chi connectivity index (χ1n) is 4.58. The maximum atomic E-state index is 11.2. The molecule has 1 aliphatic rings. The van der Waals surface area contributed by atoms with Crippen molar-refractivity contribution < 1.29 is 4.21 Å². The van der Waals surface area contributed by atoms with E-state index < -0.39 is 10.8 Å². The highest BCUT2D eigenvalue weighted by molar-refractivity contribution is 9.10. The van der Waals surface area contributed by atoms with E-state index in [2.05, 4.69) is 25.8 Å². The van der Waals surface area contributed by atoms with E-state index in [1.54, 1.807) is 6.20 Å². The lowest BCUT2D eigenvalue weighted by molar-refractivity contribution is 0.672. The molecule has 1 saturated heterocycles. The summed E-state index contributed by atoms with van der Waals surface area (Å²) in [6.45, 7) is 1.53. The van der Waals surface area contributed by atoms with Crippen LogP contribution in [0.15, 0.2) is 16.7 Å². The van der Waals surface area contributed by atoms with Crippen molar-refractivity contribution in [1.29, 1.82) is 0 Å². The molecule has 0 unspecified atom stereocenters. The number of pyridine rings is 1. The average molecular weight is 310 g/mol. The minimum absolute atomic E-state index is 0.636. The van der Waals surface area contributed by atoms with Crippen LogP contribution in [0.25, 0.3) is 0 Å². The van der Waals surface area contributed by atoms with Gasteiger partial charge in [0.05, 0.1) is 5.02 Å². The van der Waals surface area contributed by atoms with Crippen LogP contribution in [0.1, 0.15) is 0 Å². The molecule has 0 aliphatic carbocycles. The highest BCUT2D eigenvalue weighted by atomic mass is 79.9. The van der Waals surface area contributed by atoms with Gasteiger partial charge >= 0.3 is 0 Å². The van der Waals surface area contributed by atoms with Crippen LogP contribution in [0, 0.1) is 0 Å². The van der Waals surface area contributed by atoms with Crippen molar-refractivity contribution in [2.75, 3.05) is 29.5 Å². The zero-order valence-corrected chi connectivity index (χ0v) is 11.1. The molecular weight excluding hydrogens is 300 g/mol. The summed E-state index contributed by atoms with van der Waals surface area (Å²) in [5.41, 5.74) is 0. The maximum absolute atomic E-state index is 11.2. The highest BCUT2D eigenvalue weighted by Crippen LogP contribution is 2.26. The van der Waals surface area contributed by atoms with Gasteiger partial charge in [-0.15, -0.1) is 0 Å². The lowest BCUT2D eigenvalue weighted by atomic mass is 10.4. The lowest BCUT2D eigenvalue weighted by Crippen LogP contribution is -2.38.